The van der Waals surface area contributed by atoms with Crippen LogP contribution in [0.15, 0.2) is 41.5 Å². The predicted octanol–water partition coefficient (Wildman–Crippen LogP) is 1.56. The van der Waals surface area contributed by atoms with E-state index in [9.17, 15) is 9.90 Å². The van der Waals surface area contributed by atoms with Crippen molar-refractivity contribution in [3.05, 3.63) is 47.0 Å². The lowest BCUT2D eigenvalue weighted by Crippen LogP contribution is -2.49. The Morgan fingerprint density at radius 1 is 1.11 bits per heavy atom. The van der Waals surface area contributed by atoms with E-state index >= 15 is 0 Å². The lowest BCUT2D eigenvalue weighted by atomic mass is 9.91. The molecule has 4 rings (SSSR count). The van der Waals surface area contributed by atoms with Crippen LogP contribution in [-0.4, -0.2) is 63.2 Å². The quantitative estimate of drug-likeness (QED) is 0.843. The zero-order valence-corrected chi connectivity index (χ0v) is 16.2. The van der Waals surface area contributed by atoms with E-state index in [-0.39, 0.29) is 5.56 Å². The van der Waals surface area contributed by atoms with Gasteiger partial charge in [0.1, 0.15) is 0 Å². The molecule has 2 saturated heterocycles. The summed E-state index contributed by atoms with van der Waals surface area (Å²) in [6.07, 6.45) is 6.92. The Kier molecular flexibility index (Phi) is 5.85. The first kappa shape index (κ1) is 19.2. The molecule has 1 N–H and O–H groups in total. The van der Waals surface area contributed by atoms with Crippen LogP contribution in [0.5, 0.6) is 0 Å². The Labute approximate surface area is 165 Å². The van der Waals surface area contributed by atoms with Crippen molar-refractivity contribution in [3.8, 4) is 11.3 Å². The van der Waals surface area contributed by atoms with Crippen molar-refractivity contribution in [1.29, 1.82) is 0 Å². The molecule has 4 heterocycles. The number of nitrogens with zero attached hydrogens (tertiary/aromatic N) is 4. The topological polar surface area (TPSA) is 80.5 Å². The monoisotopic (exact) mass is 384 g/mol. The second-order valence-corrected chi connectivity index (χ2v) is 8.03. The molecule has 28 heavy (non-hydrogen) atoms. The van der Waals surface area contributed by atoms with Crippen molar-refractivity contribution in [1.82, 2.24) is 19.7 Å². The van der Waals surface area contributed by atoms with Gasteiger partial charge < -0.3 is 14.7 Å². The van der Waals surface area contributed by atoms with Gasteiger partial charge in [-0.3, -0.25) is 9.78 Å². The smallest absolute Gasteiger partial charge is 0.266 e. The normalized spacial score (nSPS) is 20.9. The second-order valence-electron chi connectivity index (χ2n) is 8.03. The van der Waals surface area contributed by atoms with E-state index in [1.165, 1.54) is 0 Å². The van der Waals surface area contributed by atoms with Crippen LogP contribution in [0.1, 0.15) is 25.7 Å². The van der Waals surface area contributed by atoms with Crippen molar-refractivity contribution in [2.75, 3.05) is 32.8 Å². The maximum Gasteiger partial charge on any atom is 0.266 e. The van der Waals surface area contributed by atoms with Gasteiger partial charge in [0.15, 0.2) is 0 Å². The number of aliphatic hydroxyl groups is 1. The number of hydrogen-bond acceptors (Lipinski definition) is 6. The molecule has 2 aliphatic heterocycles. The summed E-state index contributed by atoms with van der Waals surface area (Å²) in [5.41, 5.74) is 1.09. The van der Waals surface area contributed by atoms with Crippen LogP contribution in [0.4, 0.5) is 0 Å². The average Bonchev–Trinajstić information content (AvgIpc) is 2.72. The summed E-state index contributed by atoms with van der Waals surface area (Å²) in [4.78, 5) is 18.7. The number of piperidine rings is 1. The van der Waals surface area contributed by atoms with Crippen LogP contribution in [0, 0.1) is 5.92 Å². The first-order valence-electron chi connectivity index (χ1n) is 10.1. The third kappa shape index (κ3) is 4.66. The van der Waals surface area contributed by atoms with Crippen LogP contribution in [-0.2, 0) is 11.3 Å². The molecule has 0 bridgehead atoms. The fourth-order valence-corrected chi connectivity index (χ4v) is 4.15. The maximum absolute atomic E-state index is 12.3. The van der Waals surface area contributed by atoms with Gasteiger partial charge >= 0.3 is 0 Å². The molecule has 0 aromatic carbocycles. The molecule has 0 unspecified atom stereocenters. The molecule has 2 aromatic rings. The highest BCUT2D eigenvalue weighted by Crippen LogP contribution is 2.25. The third-order valence-corrected chi connectivity index (χ3v) is 5.92. The number of hydrogen-bond donors (Lipinski definition) is 1. The Hall–Kier alpha value is -2.09. The standard InChI is InChI=1S/C21H28N4O3/c26-20-2-1-19(18-3-9-22-10-4-18)23-25(20)15-17-5-11-24(12-6-17)16-21(27)7-13-28-14-8-21/h1-4,9-10,17,27H,5-8,11-16H2. The summed E-state index contributed by atoms with van der Waals surface area (Å²) >= 11 is 0. The highest BCUT2D eigenvalue weighted by atomic mass is 16.5. The number of rotatable bonds is 5. The van der Waals surface area contributed by atoms with E-state index in [0.29, 0.717) is 38.5 Å². The van der Waals surface area contributed by atoms with Gasteiger partial charge in [-0.05, 0) is 50.0 Å². The van der Waals surface area contributed by atoms with Crippen molar-refractivity contribution in [3.63, 3.8) is 0 Å². The minimum Gasteiger partial charge on any atom is -0.388 e. The van der Waals surface area contributed by atoms with Crippen molar-refractivity contribution < 1.29 is 9.84 Å². The SMILES string of the molecule is O=c1ccc(-c2ccncc2)nn1CC1CCN(CC2(O)CCOCC2)CC1. The molecule has 0 aliphatic carbocycles. The summed E-state index contributed by atoms with van der Waals surface area (Å²) in [5.74, 6) is 0.429. The first-order chi connectivity index (χ1) is 13.6. The van der Waals surface area contributed by atoms with E-state index in [1.54, 1.807) is 29.2 Å². The largest absolute Gasteiger partial charge is 0.388 e. The van der Waals surface area contributed by atoms with Gasteiger partial charge in [-0.25, -0.2) is 4.68 Å². The predicted molar refractivity (Wildman–Crippen MR) is 106 cm³/mol. The maximum atomic E-state index is 12.3. The number of β-amino-alcohol motifs (C(OH)–C–C–N with tert-alkyl or cyclic N) is 1. The Bertz CT molecular complexity index is 825. The number of likely N-dealkylation sites (tertiary alicyclic amines) is 1. The van der Waals surface area contributed by atoms with Gasteiger partial charge in [-0.15, -0.1) is 0 Å². The van der Waals surface area contributed by atoms with Gasteiger partial charge in [0.05, 0.1) is 11.3 Å². The summed E-state index contributed by atoms with van der Waals surface area (Å²) < 4.78 is 6.97. The fraction of sp³-hybridized carbons (Fsp3) is 0.571. The summed E-state index contributed by atoms with van der Waals surface area (Å²) in [5, 5.41) is 15.3. The van der Waals surface area contributed by atoms with Crippen molar-refractivity contribution in [2.24, 2.45) is 5.92 Å². The lowest BCUT2D eigenvalue weighted by molar-refractivity contribution is -0.0832. The van der Waals surface area contributed by atoms with Gasteiger partial charge in [0.25, 0.3) is 5.56 Å². The number of ether oxygens (including phenoxy) is 1. The Balaban J connectivity index is 1.35. The molecule has 0 atom stereocenters. The molecule has 0 saturated carbocycles. The van der Waals surface area contributed by atoms with E-state index in [2.05, 4.69) is 15.0 Å². The van der Waals surface area contributed by atoms with E-state index < -0.39 is 5.60 Å². The Morgan fingerprint density at radius 3 is 2.54 bits per heavy atom. The van der Waals surface area contributed by atoms with E-state index in [1.807, 2.05) is 12.1 Å². The first-order valence-corrected chi connectivity index (χ1v) is 10.1. The zero-order valence-electron chi connectivity index (χ0n) is 16.2. The molecule has 2 aromatic heterocycles. The van der Waals surface area contributed by atoms with Gasteiger partial charge in [0, 0.05) is 63.2 Å². The van der Waals surface area contributed by atoms with E-state index in [4.69, 9.17) is 4.74 Å². The zero-order chi connectivity index (χ0) is 19.4. The molecule has 150 valence electrons. The van der Waals surface area contributed by atoms with Crippen LogP contribution >= 0.6 is 0 Å². The molecular formula is C21H28N4O3. The second kappa shape index (κ2) is 8.51. The van der Waals surface area contributed by atoms with Gasteiger partial charge in [0.2, 0.25) is 0 Å². The van der Waals surface area contributed by atoms with Crippen LogP contribution < -0.4 is 5.56 Å². The van der Waals surface area contributed by atoms with Crippen LogP contribution in [0.2, 0.25) is 0 Å². The average molecular weight is 384 g/mol. The molecule has 7 heteroatoms. The number of pyridine rings is 1. The van der Waals surface area contributed by atoms with Crippen molar-refractivity contribution in [2.45, 2.75) is 37.8 Å². The molecule has 0 amide bonds. The summed E-state index contributed by atoms with van der Waals surface area (Å²) in [6.45, 7) is 4.56. The highest BCUT2D eigenvalue weighted by Gasteiger charge is 2.33. The fourth-order valence-electron chi connectivity index (χ4n) is 4.15. The van der Waals surface area contributed by atoms with Crippen molar-refractivity contribution >= 4 is 0 Å². The summed E-state index contributed by atoms with van der Waals surface area (Å²) in [6, 6.07) is 7.16. The van der Waals surface area contributed by atoms with E-state index in [0.717, 1.165) is 43.7 Å². The molecular weight excluding hydrogens is 356 g/mol. The third-order valence-electron chi connectivity index (χ3n) is 5.92. The van der Waals surface area contributed by atoms with Gasteiger partial charge in [-0.2, -0.15) is 5.10 Å². The molecule has 2 aliphatic rings. The number of aromatic nitrogens is 3. The van der Waals surface area contributed by atoms with Gasteiger partial charge in [-0.1, -0.05) is 0 Å². The van der Waals surface area contributed by atoms with Crippen LogP contribution in [0.25, 0.3) is 11.3 Å². The molecule has 0 radical (unpaired) electrons. The molecule has 2 fully saturated rings. The summed E-state index contributed by atoms with van der Waals surface area (Å²) in [7, 11) is 0. The molecule has 7 nitrogen and oxygen atoms in total. The Morgan fingerprint density at radius 2 is 1.82 bits per heavy atom. The molecule has 0 spiro atoms. The lowest BCUT2D eigenvalue weighted by Gasteiger charge is -2.39. The minimum absolute atomic E-state index is 0.0586. The highest BCUT2D eigenvalue weighted by molar-refractivity contribution is 5.56. The minimum atomic E-state index is -0.609. The van der Waals surface area contributed by atoms with Crippen LogP contribution in [0.3, 0.4) is 0 Å².